The molecule has 0 radical (unpaired) electrons. The number of rotatable bonds is 6. The highest BCUT2D eigenvalue weighted by Crippen LogP contribution is 2.28. The van der Waals surface area contributed by atoms with Gasteiger partial charge in [0, 0.05) is 0 Å². The Labute approximate surface area is 159 Å². The fourth-order valence-electron chi connectivity index (χ4n) is 2.38. The number of anilines is 1. The van der Waals surface area contributed by atoms with Gasteiger partial charge in [-0.05, 0) is 31.2 Å². The van der Waals surface area contributed by atoms with Gasteiger partial charge in [-0.15, -0.1) is 10.2 Å². The molecule has 9 heteroatoms. The van der Waals surface area contributed by atoms with Crippen LogP contribution in [0.4, 0.5) is 10.1 Å². The van der Waals surface area contributed by atoms with Gasteiger partial charge in [-0.25, -0.2) is 9.07 Å². The molecule has 0 unspecified atom stereocenters. The number of methoxy groups -OCH3 is 1. The number of carbonyl (C=O) groups is 1. The first kappa shape index (κ1) is 18.7. The summed E-state index contributed by atoms with van der Waals surface area (Å²) < 4.78 is 20.3. The molecule has 0 spiro atoms. The van der Waals surface area contributed by atoms with Crippen molar-refractivity contribution < 1.29 is 13.9 Å². The van der Waals surface area contributed by atoms with Crippen molar-refractivity contribution in [2.24, 2.45) is 0 Å². The van der Waals surface area contributed by atoms with Gasteiger partial charge in [0.25, 0.3) is 0 Å². The number of nitrogens with one attached hydrogen (secondary N) is 1. The maximum Gasteiger partial charge on any atom is 0.237 e. The van der Waals surface area contributed by atoms with Crippen molar-refractivity contribution in [2.75, 3.05) is 18.3 Å². The van der Waals surface area contributed by atoms with Crippen molar-refractivity contribution >= 4 is 23.4 Å². The number of aromatic nitrogens is 3. The SMILES string of the molecule is COc1ccccc1NC(=O)[C@@H](C)Sc1nnc(-c2ccccc2F)n1N. The van der Waals surface area contributed by atoms with Gasteiger partial charge < -0.3 is 15.9 Å². The number of ether oxygens (including phenoxy) is 1. The smallest absolute Gasteiger partial charge is 0.237 e. The Morgan fingerprint density at radius 2 is 1.93 bits per heavy atom. The highest BCUT2D eigenvalue weighted by atomic mass is 32.2. The number of hydrogen-bond donors (Lipinski definition) is 2. The molecule has 1 atom stereocenters. The number of nitrogen functional groups attached to an aromatic ring is 1. The van der Waals surface area contributed by atoms with E-state index < -0.39 is 11.1 Å². The fraction of sp³-hybridized carbons (Fsp3) is 0.167. The molecule has 1 heterocycles. The summed E-state index contributed by atoms with van der Waals surface area (Å²) in [6.45, 7) is 1.72. The normalized spacial score (nSPS) is 11.8. The van der Waals surface area contributed by atoms with E-state index >= 15 is 0 Å². The second-order valence-corrected chi connectivity index (χ2v) is 6.91. The number of nitrogens with zero attached hydrogens (tertiary/aromatic N) is 3. The maximum absolute atomic E-state index is 13.9. The van der Waals surface area contributed by atoms with Crippen LogP contribution in [0.3, 0.4) is 0 Å². The van der Waals surface area contributed by atoms with E-state index in [1.807, 2.05) is 6.07 Å². The van der Waals surface area contributed by atoms with Crippen molar-refractivity contribution in [3.63, 3.8) is 0 Å². The predicted molar refractivity (Wildman–Crippen MR) is 103 cm³/mol. The summed E-state index contributed by atoms with van der Waals surface area (Å²) in [6.07, 6.45) is 0. The van der Waals surface area contributed by atoms with Crippen molar-refractivity contribution in [1.82, 2.24) is 14.9 Å². The van der Waals surface area contributed by atoms with Crippen LogP contribution in [0.15, 0.2) is 53.7 Å². The number of hydrogen-bond acceptors (Lipinski definition) is 6. The summed E-state index contributed by atoms with van der Waals surface area (Å²) in [7, 11) is 1.53. The number of benzene rings is 2. The first-order chi connectivity index (χ1) is 13.0. The summed E-state index contributed by atoms with van der Waals surface area (Å²) in [5.74, 6) is 6.05. The Morgan fingerprint density at radius 3 is 2.67 bits per heavy atom. The first-order valence-corrected chi connectivity index (χ1v) is 8.95. The largest absolute Gasteiger partial charge is 0.495 e. The van der Waals surface area contributed by atoms with E-state index in [0.29, 0.717) is 16.6 Å². The van der Waals surface area contributed by atoms with Crippen molar-refractivity contribution in [3.05, 3.63) is 54.3 Å². The van der Waals surface area contributed by atoms with Crippen molar-refractivity contribution in [3.8, 4) is 17.1 Å². The number of amides is 1. The van der Waals surface area contributed by atoms with Gasteiger partial charge in [-0.3, -0.25) is 4.79 Å². The number of nitrogens with two attached hydrogens (primary N) is 1. The molecular weight excluding hydrogens is 369 g/mol. The van der Waals surface area contributed by atoms with Crippen LogP contribution in [0.5, 0.6) is 5.75 Å². The standard InChI is InChI=1S/C18H18FN5O2S/c1-11(17(25)21-14-9-5-6-10-15(14)26-2)27-18-23-22-16(24(18)20)12-7-3-4-8-13(12)19/h3-11H,20H2,1-2H3,(H,21,25)/t11-/m1/s1. The molecule has 0 fully saturated rings. The first-order valence-electron chi connectivity index (χ1n) is 8.07. The molecule has 1 aromatic heterocycles. The van der Waals surface area contributed by atoms with Gasteiger partial charge in [0.1, 0.15) is 11.6 Å². The Bertz CT molecular complexity index is 962. The molecule has 1 amide bonds. The van der Waals surface area contributed by atoms with Crippen LogP contribution in [-0.4, -0.2) is 33.1 Å². The van der Waals surface area contributed by atoms with Gasteiger partial charge in [0.05, 0.1) is 23.6 Å². The number of thioether (sulfide) groups is 1. The van der Waals surface area contributed by atoms with Crippen LogP contribution < -0.4 is 15.9 Å². The summed E-state index contributed by atoms with van der Waals surface area (Å²) >= 11 is 1.12. The molecule has 0 aliphatic carbocycles. The molecule has 0 saturated heterocycles. The third-order valence-electron chi connectivity index (χ3n) is 3.80. The van der Waals surface area contributed by atoms with Crippen molar-refractivity contribution in [1.29, 1.82) is 0 Å². The fourth-order valence-corrected chi connectivity index (χ4v) is 3.15. The average molecular weight is 387 g/mol. The zero-order chi connectivity index (χ0) is 19.4. The number of carbonyl (C=O) groups excluding carboxylic acids is 1. The molecule has 27 heavy (non-hydrogen) atoms. The van der Waals surface area contributed by atoms with E-state index in [1.165, 1.54) is 17.9 Å². The van der Waals surface area contributed by atoms with Gasteiger partial charge in [-0.1, -0.05) is 36.0 Å². The lowest BCUT2D eigenvalue weighted by Gasteiger charge is -2.13. The molecule has 3 rings (SSSR count). The van der Waals surface area contributed by atoms with E-state index in [-0.39, 0.29) is 17.3 Å². The third kappa shape index (κ3) is 4.03. The maximum atomic E-state index is 13.9. The molecule has 3 aromatic rings. The van der Waals surface area contributed by atoms with E-state index in [0.717, 1.165) is 11.8 Å². The molecule has 0 aliphatic heterocycles. The molecule has 7 nitrogen and oxygen atoms in total. The lowest BCUT2D eigenvalue weighted by atomic mass is 10.2. The monoisotopic (exact) mass is 387 g/mol. The van der Waals surface area contributed by atoms with Gasteiger partial charge in [-0.2, -0.15) is 0 Å². The van der Waals surface area contributed by atoms with Crippen LogP contribution in [0.25, 0.3) is 11.4 Å². The summed E-state index contributed by atoms with van der Waals surface area (Å²) in [4.78, 5) is 12.5. The van der Waals surface area contributed by atoms with Crippen LogP contribution in [0, 0.1) is 5.82 Å². The Kier molecular flexibility index (Phi) is 5.60. The highest BCUT2D eigenvalue weighted by molar-refractivity contribution is 8.00. The molecule has 0 bridgehead atoms. The third-order valence-corrected chi connectivity index (χ3v) is 4.85. The van der Waals surface area contributed by atoms with E-state index in [2.05, 4.69) is 15.5 Å². The second kappa shape index (κ2) is 8.09. The van der Waals surface area contributed by atoms with Crippen LogP contribution >= 0.6 is 11.8 Å². The van der Waals surface area contributed by atoms with Crippen LogP contribution in [0.1, 0.15) is 6.92 Å². The lowest BCUT2D eigenvalue weighted by molar-refractivity contribution is -0.115. The number of halogens is 1. The summed E-state index contributed by atoms with van der Waals surface area (Å²) in [6, 6.07) is 13.3. The predicted octanol–water partition coefficient (Wildman–Crippen LogP) is 2.93. The Balaban J connectivity index is 1.74. The number of para-hydroxylation sites is 2. The second-order valence-electron chi connectivity index (χ2n) is 5.61. The summed E-state index contributed by atoms with van der Waals surface area (Å²) in [5.41, 5.74) is 0.809. The molecule has 0 aliphatic rings. The van der Waals surface area contributed by atoms with Gasteiger partial charge in [0.2, 0.25) is 11.1 Å². The minimum atomic E-state index is -0.519. The average Bonchev–Trinajstić information content (AvgIpc) is 3.03. The summed E-state index contributed by atoms with van der Waals surface area (Å²) in [5, 5.41) is 10.5. The van der Waals surface area contributed by atoms with E-state index in [9.17, 15) is 9.18 Å². The molecule has 0 saturated carbocycles. The lowest BCUT2D eigenvalue weighted by Crippen LogP contribution is -2.24. The molecule has 3 N–H and O–H groups in total. The molecule has 140 valence electrons. The topological polar surface area (TPSA) is 95.1 Å². The minimum Gasteiger partial charge on any atom is -0.495 e. The Morgan fingerprint density at radius 1 is 1.22 bits per heavy atom. The van der Waals surface area contributed by atoms with Crippen LogP contribution in [0.2, 0.25) is 0 Å². The van der Waals surface area contributed by atoms with E-state index in [4.69, 9.17) is 10.6 Å². The van der Waals surface area contributed by atoms with Gasteiger partial charge in [0.15, 0.2) is 5.82 Å². The van der Waals surface area contributed by atoms with Gasteiger partial charge >= 0.3 is 0 Å². The minimum absolute atomic E-state index is 0.188. The zero-order valence-corrected chi connectivity index (χ0v) is 15.5. The zero-order valence-electron chi connectivity index (χ0n) is 14.7. The Hall–Kier alpha value is -3.07. The van der Waals surface area contributed by atoms with E-state index in [1.54, 1.807) is 43.3 Å². The quantitative estimate of drug-likeness (QED) is 0.499. The molecular formula is C18H18FN5O2S. The highest BCUT2D eigenvalue weighted by Gasteiger charge is 2.21. The van der Waals surface area contributed by atoms with Crippen molar-refractivity contribution in [2.45, 2.75) is 17.3 Å². The molecule has 2 aromatic carbocycles. The van der Waals surface area contributed by atoms with Crippen LogP contribution in [-0.2, 0) is 4.79 Å².